The number of nitrogens with zero attached hydrogens (tertiary/aromatic N) is 1. The van der Waals surface area contributed by atoms with Crippen LogP contribution in [0.4, 0.5) is 0 Å². The Morgan fingerprint density at radius 3 is 2.35 bits per heavy atom. The van der Waals surface area contributed by atoms with E-state index in [1.54, 1.807) is 14.2 Å². The largest absolute Gasteiger partial charge is 0.493 e. The number of halogens is 1. The second kappa shape index (κ2) is 9.75. The summed E-state index contributed by atoms with van der Waals surface area (Å²) >= 11 is 3.70. The molecule has 5 heteroatoms. The van der Waals surface area contributed by atoms with E-state index in [4.69, 9.17) is 14.2 Å². The molecule has 3 aromatic carbocycles. The number of ether oxygens (including phenoxy) is 3. The van der Waals surface area contributed by atoms with E-state index >= 15 is 0 Å². The van der Waals surface area contributed by atoms with Gasteiger partial charge in [-0.2, -0.15) is 0 Å². The Morgan fingerprint density at radius 2 is 1.65 bits per heavy atom. The van der Waals surface area contributed by atoms with Crippen LogP contribution in [0.15, 0.2) is 65.1 Å². The van der Waals surface area contributed by atoms with Crippen molar-refractivity contribution in [3.63, 3.8) is 0 Å². The Hall–Kier alpha value is -2.50. The molecule has 4 nitrogen and oxygen atoms in total. The highest BCUT2D eigenvalue weighted by Crippen LogP contribution is 2.39. The van der Waals surface area contributed by atoms with Gasteiger partial charge < -0.3 is 14.2 Å². The van der Waals surface area contributed by atoms with Gasteiger partial charge in [0.25, 0.3) is 0 Å². The minimum absolute atomic E-state index is 0.284. The fourth-order valence-corrected chi connectivity index (χ4v) is 4.71. The van der Waals surface area contributed by atoms with E-state index in [1.165, 1.54) is 16.7 Å². The molecular weight excluding hydrogens is 454 g/mol. The Morgan fingerprint density at radius 1 is 0.903 bits per heavy atom. The van der Waals surface area contributed by atoms with Crippen molar-refractivity contribution in [3.8, 4) is 17.2 Å². The third kappa shape index (κ3) is 4.89. The normalized spacial score (nSPS) is 15.9. The number of hydrogen-bond acceptors (Lipinski definition) is 4. The van der Waals surface area contributed by atoms with E-state index in [0.717, 1.165) is 46.7 Å². The summed E-state index contributed by atoms with van der Waals surface area (Å²) in [4.78, 5) is 2.42. The lowest BCUT2D eigenvalue weighted by atomic mass is 9.88. The third-order valence-corrected chi connectivity index (χ3v) is 6.55. The van der Waals surface area contributed by atoms with Crippen LogP contribution in [0.5, 0.6) is 17.2 Å². The molecule has 3 aromatic rings. The maximum atomic E-state index is 6.01. The van der Waals surface area contributed by atoms with Crippen molar-refractivity contribution in [1.82, 2.24) is 4.90 Å². The Balaban J connectivity index is 1.53. The zero-order chi connectivity index (χ0) is 21.8. The lowest BCUT2D eigenvalue weighted by Gasteiger charge is -2.35. The highest BCUT2D eigenvalue weighted by Gasteiger charge is 2.27. The maximum Gasteiger partial charge on any atom is 0.161 e. The Labute approximate surface area is 192 Å². The van der Waals surface area contributed by atoms with Crippen molar-refractivity contribution in [1.29, 1.82) is 0 Å². The Kier molecular flexibility index (Phi) is 6.83. The molecule has 0 bridgehead atoms. The standard InChI is InChI=1S/C26H28BrNO3/c1-28-12-11-20-15-25(29-2)26(30-3)16-21(20)23(28)14-19-9-10-24(22(27)13-19)31-17-18-7-5-4-6-8-18/h4-10,13,15-16,23H,11-12,14,17H2,1-3H3/t23-/m0/s1. The predicted octanol–water partition coefficient (Wildman–Crippen LogP) is 5.82. The first-order chi connectivity index (χ1) is 15.1. The first-order valence-corrected chi connectivity index (χ1v) is 11.3. The molecule has 1 atom stereocenters. The molecule has 1 aliphatic heterocycles. The van der Waals surface area contributed by atoms with Gasteiger partial charge in [0.15, 0.2) is 11.5 Å². The fourth-order valence-electron chi connectivity index (χ4n) is 4.17. The molecule has 0 saturated heterocycles. The second-order valence-corrected chi connectivity index (χ2v) is 8.75. The van der Waals surface area contributed by atoms with Crippen molar-refractivity contribution in [2.45, 2.75) is 25.5 Å². The SMILES string of the molecule is COc1cc2c(cc1OC)[C@H](Cc1ccc(OCc3ccccc3)c(Br)c1)N(C)CC2. The van der Waals surface area contributed by atoms with Gasteiger partial charge >= 0.3 is 0 Å². The number of rotatable bonds is 7. The average Bonchev–Trinajstić information content (AvgIpc) is 2.80. The summed E-state index contributed by atoms with van der Waals surface area (Å²) in [5.74, 6) is 2.44. The fraction of sp³-hybridized carbons (Fsp3) is 0.308. The lowest BCUT2D eigenvalue weighted by Crippen LogP contribution is -2.33. The number of benzene rings is 3. The van der Waals surface area contributed by atoms with Gasteiger partial charge in [-0.3, -0.25) is 4.90 Å². The van der Waals surface area contributed by atoms with Gasteiger partial charge in [0.05, 0.1) is 18.7 Å². The minimum atomic E-state index is 0.284. The number of hydrogen-bond donors (Lipinski definition) is 0. The third-order valence-electron chi connectivity index (χ3n) is 5.93. The van der Waals surface area contributed by atoms with Gasteiger partial charge in [-0.15, -0.1) is 0 Å². The molecular formula is C26H28BrNO3. The highest BCUT2D eigenvalue weighted by atomic mass is 79.9. The van der Waals surface area contributed by atoms with E-state index in [9.17, 15) is 0 Å². The summed E-state index contributed by atoms with van der Waals surface area (Å²) in [5.41, 5.74) is 5.07. The summed E-state index contributed by atoms with van der Waals surface area (Å²) in [5, 5.41) is 0. The molecule has 0 unspecified atom stereocenters. The molecule has 0 saturated carbocycles. The summed E-state index contributed by atoms with van der Waals surface area (Å²) in [6.07, 6.45) is 1.93. The molecule has 0 aliphatic carbocycles. The van der Waals surface area contributed by atoms with Gasteiger partial charge in [0.1, 0.15) is 12.4 Å². The molecule has 0 fully saturated rings. The Bertz CT molecular complexity index is 1040. The number of methoxy groups -OCH3 is 2. The zero-order valence-corrected chi connectivity index (χ0v) is 19.8. The van der Waals surface area contributed by atoms with Crippen molar-refractivity contribution >= 4 is 15.9 Å². The summed E-state index contributed by atoms with van der Waals surface area (Å²) in [6, 6.07) is 21.2. The maximum absolute atomic E-state index is 6.01. The average molecular weight is 482 g/mol. The highest BCUT2D eigenvalue weighted by molar-refractivity contribution is 9.10. The quantitative estimate of drug-likeness (QED) is 0.425. The van der Waals surface area contributed by atoms with Gasteiger partial charge in [-0.1, -0.05) is 36.4 Å². The molecule has 4 rings (SSSR count). The van der Waals surface area contributed by atoms with E-state index in [-0.39, 0.29) is 6.04 Å². The van der Waals surface area contributed by atoms with E-state index in [2.05, 4.69) is 70.3 Å². The summed E-state index contributed by atoms with van der Waals surface area (Å²) < 4.78 is 18.1. The smallest absolute Gasteiger partial charge is 0.161 e. The van der Waals surface area contributed by atoms with Crippen molar-refractivity contribution in [2.24, 2.45) is 0 Å². The van der Waals surface area contributed by atoms with Crippen LogP contribution in [0, 0.1) is 0 Å². The van der Waals surface area contributed by atoms with Crippen molar-refractivity contribution in [2.75, 3.05) is 27.8 Å². The molecule has 1 aliphatic rings. The molecule has 0 N–H and O–H groups in total. The van der Waals surface area contributed by atoms with Crippen LogP contribution in [0.25, 0.3) is 0 Å². The van der Waals surface area contributed by atoms with E-state index in [0.29, 0.717) is 6.61 Å². The number of likely N-dealkylation sites (N-methyl/N-ethyl adjacent to an activating group) is 1. The first kappa shape index (κ1) is 21.7. The van der Waals surface area contributed by atoms with Gasteiger partial charge in [0.2, 0.25) is 0 Å². The summed E-state index contributed by atoms with van der Waals surface area (Å²) in [7, 11) is 5.57. The van der Waals surface area contributed by atoms with Crippen LogP contribution < -0.4 is 14.2 Å². The van der Waals surface area contributed by atoms with Crippen LogP contribution in [0.3, 0.4) is 0 Å². The van der Waals surface area contributed by atoms with Gasteiger partial charge in [-0.25, -0.2) is 0 Å². The van der Waals surface area contributed by atoms with E-state index < -0.39 is 0 Å². The monoisotopic (exact) mass is 481 g/mol. The minimum Gasteiger partial charge on any atom is -0.493 e. The van der Waals surface area contributed by atoms with Gasteiger partial charge in [-0.05, 0) is 82.3 Å². The lowest BCUT2D eigenvalue weighted by molar-refractivity contribution is 0.228. The topological polar surface area (TPSA) is 30.9 Å². The van der Waals surface area contributed by atoms with Crippen LogP contribution >= 0.6 is 15.9 Å². The van der Waals surface area contributed by atoms with Crippen LogP contribution in [-0.2, 0) is 19.4 Å². The van der Waals surface area contributed by atoms with E-state index in [1.807, 2.05) is 18.2 Å². The van der Waals surface area contributed by atoms with Crippen molar-refractivity contribution < 1.29 is 14.2 Å². The van der Waals surface area contributed by atoms with Crippen molar-refractivity contribution in [3.05, 3.63) is 87.4 Å². The summed E-state index contributed by atoms with van der Waals surface area (Å²) in [6.45, 7) is 1.58. The van der Waals surface area contributed by atoms with Gasteiger partial charge in [0, 0.05) is 12.6 Å². The molecule has 162 valence electrons. The molecule has 0 spiro atoms. The molecule has 0 radical (unpaired) electrons. The zero-order valence-electron chi connectivity index (χ0n) is 18.2. The van der Waals surface area contributed by atoms with Crippen LogP contribution in [0.2, 0.25) is 0 Å². The molecule has 31 heavy (non-hydrogen) atoms. The second-order valence-electron chi connectivity index (χ2n) is 7.90. The predicted molar refractivity (Wildman–Crippen MR) is 127 cm³/mol. The van der Waals surface area contributed by atoms with Crippen LogP contribution in [0.1, 0.15) is 28.3 Å². The molecule has 1 heterocycles. The first-order valence-electron chi connectivity index (χ1n) is 10.5. The number of fused-ring (bicyclic) bond motifs is 1. The van der Waals surface area contributed by atoms with Crippen LogP contribution in [-0.4, -0.2) is 32.7 Å². The molecule has 0 aromatic heterocycles. The molecule has 0 amide bonds.